The summed E-state index contributed by atoms with van der Waals surface area (Å²) < 4.78 is 43.7. The minimum Gasteiger partial charge on any atom is -0.497 e. The molecule has 0 radical (unpaired) electrons. The number of halogens is 4. The Morgan fingerprint density at radius 2 is 1.69 bits per heavy atom. The molecule has 0 saturated heterocycles. The van der Waals surface area contributed by atoms with Crippen molar-refractivity contribution >= 4 is 28.9 Å². The number of nitrogens with one attached hydrogen (secondary N) is 1. The molecular weight excluding hydrogens is 441 g/mol. The van der Waals surface area contributed by atoms with E-state index in [1.54, 1.807) is 48.5 Å². The van der Waals surface area contributed by atoms with Crippen molar-refractivity contribution < 1.29 is 22.7 Å². The second-order valence-corrected chi connectivity index (χ2v) is 7.37. The van der Waals surface area contributed by atoms with Gasteiger partial charge in [0.2, 0.25) is 0 Å². The zero-order chi connectivity index (χ0) is 23.3. The first-order chi connectivity index (χ1) is 15.2. The van der Waals surface area contributed by atoms with Crippen LogP contribution in [0.15, 0.2) is 72.8 Å². The Morgan fingerprint density at radius 3 is 2.28 bits per heavy atom. The van der Waals surface area contributed by atoms with Crippen LogP contribution in [0.25, 0.3) is 0 Å². The molecule has 0 saturated carbocycles. The van der Waals surface area contributed by atoms with Gasteiger partial charge in [-0.1, -0.05) is 54.1 Å². The average Bonchev–Trinajstić information content (AvgIpc) is 2.80. The monoisotopic (exact) mass is 460 g/mol. The molecule has 3 aromatic carbocycles. The Morgan fingerprint density at radius 1 is 1.03 bits per heavy atom. The van der Waals surface area contributed by atoms with Gasteiger partial charge in [-0.15, -0.1) is 0 Å². The van der Waals surface area contributed by atoms with Crippen LogP contribution in [0.5, 0.6) is 5.75 Å². The maximum atomic E-state index is 13.3. The predicted octanol–water partition coefficient (Wildman–Crippen LogP) is 6.01. The van der Waals surface area contributed by atoms with Crippen LogP contribution in [0.3, 0.4) is 0 Å². The molecule has 3 aromatic rings. The molecule has 0 fully saturated rings. The molecule has 0 atom stereocenters. The normalized spacial score (nSPS) is 11.2. The number of nitrogens with zero attached hydrogens (tertiary/aromatic N) is 1. The lowest BCUT2D eigenvalue weighted by atomic mass is 10.1. The van der Waals surface area contributed by atoms with Crippen molar-refractivity contribution in [3.05, 3.63) is 94.5 Å². The summed E-state index contributed by atoms with van der Waals surface area (Å²) in [7, 11) is 1.48. The van der Waals surface area contributed by atoms with Gasteiger partial charge in [0.25, 0.3) is 5.91 Å². The summed E-state index contributed by atoms with van der Waals surface area (Å²) in [5, 5.41) is 8.66. The van der Waals surface area contributed by atoms with E-state index in [1.165, 1.54) is 24.1 Å². The zero-order valence-corrected chi connectivity index (χ0v) is 17.9. The Balaban J connectivity index is 1.90. The number of rotatable bonds is 7. The van der Waals surface area contributed by atoms with Crippen molar-refractivity contribution in [3.8, 4) is 5.75 Å². The third kappa shape index (κ3) is 5.48. The average molecular weight is 461 g/mol. The number of anilines is 1. The van der Waals surface area contributed by atoms with Crippen molar-refractivity contribution in [2.45, 2.75) is 12.6 Å². The molecule has 0 aliphatic rings. The van der Waals surface area contributed by atoms with Crippen LogP contribution < -0.4 is 9.64 Å². The minimum atomic E-state index is -4.42. The zero-order valence-electron chi connectivity index (χ0n) is 17.1. The third-order valence-electron chi connectivity index (χ3n) is 4.87. The number of hydrogen-bond acceptors (Lipinski definition) is 3. The maximum Gasteiger partial charge on any atom is 0.416 e. The number of amides is 1. The van der Waals surface area contributed by atoms with Gasteiger partial charge in [0.05, 0.1) is 23.4 Å². The number of ether oxygens (including phenoxy) is 1. The number of alkyl halides is 3. The Hall–Kier alpha value is -3.32. The highest BCUT2D eigenvalue weighted by atomic mass is 35.5. The van der Waals surface area contributed by atoms with E-state index in [0.717, 1.165) is 12.1 Å². The fourth-order valence-electron chi connectivity index (χ4n) is 3.12. The fourth-order valence-corrected chi connectivity index (χ4v) is 3.34. The van der Waals surface area contributed by atoms with Gasteiger partial charge in [0.1, 0.15) is 11.5 Å². The van der Waals surface area contributed by atoms with Gasteiger partial charge < -0.3 is 9.64 Å². The first kappa shape index (κ1) is 23.3. The van der Waals surface area contributed by atoms with E-state index in [4.69, 9.17) is 21.7 Å². The maximum absolute atomic E-state index is 13.3. The number of methoxy groups -OCH3 is 1. The molecule has 0 aliphatic carbocycles. The summed E-state index contributed by atoms with van der Waals surface area (Å²) in [6.07, 6.45) is -4.15. The van der Waals surface area contributed by atoms with Crippen molar-refractivity contribution in [1.82, 2.24) is 0 Å². The van der Waals surface area contributed by atoms with Gasteiger partial charge in [-0.25, -0.2) is 0 Å². The van der Waals surface area contributed by atoms with Gasteiger partial charge in [-0.05, 0) is 36.2 Å². The standard InChI is InChI=1S/C24H20ClF3N2O2/c1-32-19-11-12-20(25)21(15-19)30(23(31)22(29)17-5-3-2-4-6-17)14-13-16-7-9-18(10-8-16)24(26,27)28/h2-12,15,29H,13-14H2,1H3. The number of carbonyl (C=O) groups is 1. The highest BCUT2D eigenvalue weighted by Crippen LogP contribution is 2.32. The molecule has 0 spiro atoms. The number of benzene rings is 3. The molecule has 32 heavy (non-hydrogen) atoms. The Labute approximate surface area is 188 Å². The minimum absolute atomic E-state index is 0.103. The summed E-state index contributed by atoms with van der Waals surface area (Å²) in [5.41, 5.74) is 0.438. The van der Waals surface area contributed by atoms with E-state index in [0.29, 0.717) is 22.6 Å². The summed E-state index contributed by atoms with van der Waals surface area (Å²) >= 11 is 6.35. The third-order valence-corrected chi connectivity index (χ3v) is 5.19. The molecule has 0 bridgehead atoms. The van der Waals surface area contributed by atoms with Crippen LogP contribution in [-0.2, 0) is 17.4 Å². The number of carbonyl (C=O) groups excluding carboxylic acids is 1. The van der Waals surface area contributed by atoms with Crippen LogP contribution in [0, 0.1) is 5.41 Å². The van der Waals surface area contributed by atoms with Crippen LogP contribution in [-0.4, -0.2) is 25.3 Å². The van der Waals surface area contributed by atoms with Gasteiger partial charge in [-0.2, -0.15) is 13.2 Å². The molecule has 0 heterocycles. The fraction of sp³-hybridized carbons (Fsp3) is 0.167. The lowest BCUT2D eigenvalue weighted by Gasteiger charge is -2.25. The smallest absolute Gasteiger partial charge is 0.416 e. The van der Waals surface area contributed by atoms with E-state index in [1.807, 2.05) is 0 Å². The second-order valence-electron chi connectivity index (χ2n) is 6.96. The summed E-state index contributed by atoms with van der Waals surface area (Å²) in [6, 6.07) is 18.1. The lowest BCUT2D eigenvalue weighted by molar-refractivity contribution is -0.137. The van der Waals surface area contributed by atoms with Gasteiger partial charge in [0, 0.05) is 18.2 Å². The molecule has 1 amide bonds. The SMILES string of the molecule is COc1ccc(Cl)c(N(CCc2ccc(C(F)(F)F)cc2)C(=O)C(=N)c2ccccc2)c1. The summed E-state index contributed by atoms with van der Waals surface area (Å²) in [4.78, 5) is 14.6. The molecule has 166 valence electrons. The van der Waals surface area contributed by atoms with Gasteiger partial charge >= 0.3 is 6.18 Å². The van der Waals surface area contributed by atoms with Gasteiger partial charge in [-0.3, -0.25) is 10.2 Å². The molecule has 1 N–H and O–H groups in total. The first-order valence-corrected chi connectivity index (χ1v) is 10.0. The molecule has 4 nitrogen and oxygen atoms in total. The lowest BCUT2D eigenvalue weighted by Crippen LogP contribution is -2.38. The Bertz CT molecular complexity index is 1100. The highest BCUT2D eigenvalue weighted by molar-refractivity contribution is 6.49. The van der Waals surface area contributed by atoms with E-state index in [9.17, 15) is 18.0 Å². The summed E-state index contributed by atoms with van der Waals surface area (Å²) in [5.74, 6) is -0.110. The molecular formula is C24H20ClF3N2O2. The van der Waals surface area contributed by atoms with Gasteiger partial charge in [0.15, 0.2) is 0 Å². The topological polar surface area (TPSA) is 53.4 Å². The molecule has 0 aliphatic heterocycles. The molecule has 0 aromatic heterocycles. The van der Waals surface area contributed by atoms with Crippen molar-refractivity contribution in [2.75, 3.05) is 18.6 Å². The van der Waals surface area contributed by atoms with E-state index in [-0.39, 0.29) is 23.7 Å². The quantitative estimate of drug-likeness (QED) is 0.439. The van der Waals surface area contributed by atoms with E-state index in [2.05, 4.69) is 0 Å². The summed E-state index contributed by atoms with van der Waals surface area (Å²) in [6.45, 7) is 0.103. The van der Waals surface area contributed by atoms with Crippen LogP contribution in [0.4, 0.5) is 18.9 Å². The van der Waals surface area contributed by atoms with Crippen molar-refractivity contribution in [1.29, 1.82) is 5.41 Å². The van der Waals surface area contributed by atoms with Crippen LogP contribution >= 0.6 is 11.6 Å². The van der Waals surface area contributed by atoms with Crippen LogP contribution in [0.1, 0.15) is 16.7 Å². The predicted molar refractivity (Wildman–Crippen MR) is 119 cm³/mol. The van der Waals surface area contributed by atoms with Crippen molar-refractivity contribution in [2.24, 2.45) is 0 Å². The highest BCUT2D eigenvalue weighted by Gasteiger charge is 2.30. The Kier molecular flexibility index (Phi) is 7.20. The van der Waals surface area contributed by atoms with Crippen molar-refractivity contribution in [3.63, 3.8) is 0 Å². The van der Waals surface area contributed by atoms with E-state index < -0.39 is 17.6 Å². The van der Waals surface area contributed by atoms with Crippen LogP contribution in [0.2, 0.25) is 5.02 Å². The molecule has 8 heteroatoms. The second kappa shape index (κ2) is 9.87. The molecule has 0 unspecified atom stereocenters. The number of hydrogen-bond donors (Lipinski definition) is 1. The molecule has 3 rings (SSSR count). The van der Waals surface area contributed by atoms with E-state index >= 15 is 0 Å². The largest absolute Gasteiger partial charge is 0.497 e. The first-order valence-electron chi connectivity index (χ1n) is 9.66.